The SMILES string of the molecule is C=CCOc1cc(Br)cc([S+]([O-])c2cc(C(=N)N)sc2SC)c1. The first-order chi connectivity index (χ1) is 11.0. The molecule has 1 heterocycles. The first-order valence-electron chi connectivity index (χ1n) is 6.44. The highest BCUT2D eigenvalue weighted by Crippen LogP contribution is 2.38. The Balaban J connectivity index is 2.39. The molecule has 1 aromatic carbocycles. The highest BCUT2D eigenvalue weighted by molar-refractivity contribution is 9.10. The van der Waals surface area contributed by atoms with E-state index in [1.165, 1.54) is 23.1 Å². The highest BCUT2D eigenvalue weighted by Gasteiger charge is 2.24. The second-order valence-electron chi connectivity index (χ2n) is 4.37. The third kappa shape index (κ3) is 4.54. The van der Waals surface area contributed by atoms with Gasteiger partial charge in [0.1, 0.15) is 22.4 Å². The molecule has 0 fully saturated rings. The van der Waals surface area contributed by atoms with Crippen molar-refractivity contribution in [2.45, 2.75) is 14.0 Å². The van der Waals surface area contributed by atoms with Gasteiger partial charge in [-0.3, -0.25) is 5.41 Å². The predicted octanol–water partition coefficient (Wildman–Crippen LogP) is 4.25. The van der Waals surface area contributed by atoms with Gasteiger partial charge in [0.15, 0.2) is 9.79 Å². The lowest BCUT2D eigenvalue weighted by Crippen LogP contribution is -2.09. The van der Waals surface area contributed by atoms with Crippen LogP contribution in [0.2, 0.25) is 0 Å². The molecule has 1 unspecified atom stereocenters. The van der Waals surface area contributed by atoms with E-state index in [2.05, 4.69) is 22.5 Å². The number of nitrogens with two attached hydrogens (primary N) is 1. The molecule has 0 aliphatic rings. The van der Waals surface area contributed by atoms with E-state index in [9.17, 15) is 4.55 Å². The smallest absolute Gasteiger partial charge is 0.183 e. The maximum atomic E-state index is 12.9. The Morgan fingerprint density at radius 2 is 2.26 bits per heavy atom. The summed E-state index contributed by atoms with van der Waals surface area (Å²) in [4.78, 5) is 1.91. The van der Waals surface area contributed by atoms with Gasteiger partial charge in [-0.2, -0.15) is 0 Å². The minimum atomic E-state index is -1.38. The van der Waals surface area contributed by atoms with Gasteiger partial charge in [0, 0.05) is 33.8 Å². The molecule has 0 radical (unpaired) electrons. The lowest BCUT2D eigenvalue weighted by atomic mass is 10.3. The van der Waals surface area contributed by atoms with Gasteiger partial charge in [-0.15, -0.1) is 23.1 Å². The number of amidine groups is 1. The molecule has 0 bridgehead atoms. The Morgan fingerprint density at radius 1 is 1.52 bits per heavy atom. The number of nitrogens with one attached hydrogen (secondary N) is 1. The Hall–Kier alpha value is -0.930. The van der Waals surface area contributed by atoms with Crippen molar-refractivity contribution in [3.05, 3.63) is 46.3 Å². The summed E-state index contributed by atoms with van der Waals surface area (Å²) in [5.41, 5.74) is 5.54. The number of thioether (sulfide) groups is 1. The highest BCUT2D eigenvalue weighted by atomic mass is 79.9. The van der Waals surface area contributed by atoms with Gasteiger partial charge in [-0.1, -0.05) is 28.6 Å². The monoisotopic (exact) mass is 430 g/mol. The van der Waals surface area contributed by atoms with Crippen LogP contribution in [-0.4, -0.2) is 23.3 Å². The first-order valence-corrected chi connectivity index (χ1v) is 10.4. The molecule has 23 heavy (non-hydrogen) atoms. The molecule has 122 valence electrons. The van der Waals surface area contributed by atoms with Gasteiger partial charge in [-0.25, -0.2) is 0 Å². The zero-order valence-corrected chi connectivity index (χ0v) is 16.3. The molecule has 0 amide bonds. The maximum Gasteiger partial charge on any atom is 0.183 e. The van der Waals surface area contributed by atoms with Crippen LogP contribution in [0.3, 0.4) is 0 Å². The molecule has 1 aromatic heterocycles. The molecule has 0 saturated heterocycles. The second-order valence-corrected chi connectivity index (χ2v) is 8.86. The van der Waals surface area contributed by atoms with Crippen molar-refractivity contribution in [3.63, 3.8) is 0 Å². The lowest BCUT2D eigenvalue weighted by Gasteiger charge is -2.12. The number of hydrogen-bond donors (Lipinski definition) is 2. The zero-order chi connectivity index (χ0) is 17.0. The van der Waals surface area contributed by atoms with Crippen molar-refractivity contribution in [1.29, 1.82) is 5.41 Å². The van der Waals surface area contributed by atoms with Crippen LogP contribution in [0, 0.1) is 5.41 Å². The van der Waals surface area contributed by atoms with E-state index in [0.717, 1.165) is 8.68 Å². The van der Waals surface area contributed by atoms with Crippen molar-refractivity contribution >= 4 is 56.0 Å². The van der Waals surface area contributed by atoms with Crippen LogP contribution in [0.5, 0.6) is 5.75 Å². The molecule has 1 atom stereocenters. The zero-order valence-electron chi connectivity index (χ0n) is 12.3. The molecular weight excluding hydrogens is 416 g/mol. The number of nitrogen functional groups attached to an aromatic ring is 1. The van der Waals surface area contributed by atoms with Crippen LogP contribution in [0.15, 0.2) is 55.4 Å². The van der Waals surface area contributed by atoms with Gasteiger partial charge in [0.2, 0.25) is 0 Å². The topological polar surface area (TPSA) is 82.2 Å². The summed E-state index contributed by atoms with van der Waals surface area (Å²) >= 11 is 4.91. The molecule has 8 heteroatoms. The normalized spacial score (nSPS) is 12.0. The van der Waals surface area contributed by atoms with Gasteiger partial charge in [-0.05, 0) is 12.3 Å². The fourth-order valence-corrected chi connectivity index (χ4v) is 5.89. The summed E-state index contributed by atoms with van der Waals surface area (Å²) in [6.07, 6.45) is 3.57. The van der Waals surface area contributed by atoms with E-state index >= 15 is 0 Å². The summed E-state index contributed by atoms with van der Waals surface area (Å²) in [5.74, 6) is 0.605. The average molecular weight is 431 g/mol. The molecule has 2 aromatic rings. The third-order valence-electron chi connectivity index (χ3n) is 2.74. The lowest BCUT2D eigenvalue weighted by molar-refractivity contribution is 0.362. The Morgan fingerprint density at radius 3 is 2.87 bits per heavy atom. The number of rotatable bonds is 7. The van der Waals surface area contributed by atoms with Crippen molar-refractivity contribution in [2.75, 3.05) is 12.9 Å². The van der Waals surface area contributed by atoms with Crippen LogP contribution in [-0.2, 0) is 11.2 Å². The van der Waals surface area contributed by atoms with Gasteiger partial charge in [0.05, 0.1) is 4.88 Å². The summed E-state index contributed by atoms with van der Waals surface area (Å²) in [7, 11) is 0. The molecule has 0 saturated carbocycles. The van der Waals surface area contributed by atoms with Crippen molar-refractivity contribution in [2.24, 2.45) is 5.73 Å². The van der Waals surface area contributed by atoms with E-state index in [4.69, 9.17) is 15.9 Å². The van der Waals surface area contributed by atoms with E-state index in [1.54, 1.807) is 24.3 Å². The fraction of sp³-hybridized carbons (Fsp3) is 0.133. The maximum absolute atomic E-state index is 12.9. The van der Waals surface area contributed by atoms with Crippen molar-refractivity contribution in [1.82, 2.24) is 0 Å². The minimum Gasteiger partial charge on any atom is -0.606 e. The van der Waals surface area contributed by atoms with Crippen LogP contribution in [0.25, 0.3) is 0 Å². The first kappa shape index (κ1) is 18.4. The quantitative estimate of drug-likeness (QED) is 0.226. The van der Waals surface area contributed by atoms with Gasteiger partial charge < -0.3 is 15.0 Å². The largest absolute Gasteiger partial charge is 0.606 e. The van der Waals surface area contributed by atoms with Crippen LogP contribution in [0.1, 0.15) is 4.88 Å². The number of thiophene rings is 1. The summed E-state index contributed by atoms with van der Waals surface area (Å²) in [5, 5.41) is 7.55. The van der Waals surface area contributed by atoms with Gasteiger partial charge >= 0.3 is 0 Å². The van der Waals surface area contributed by atoms with Crippen molar-refractivity contribution < 1.29 is 9.29 Å². The third-order valence-corrected chi connectivity index (χ3v) is 7.15. The van der Waals surface area contributed by atoms with E-state index < -0.39 is 11.2 Å². The van der Waals surface area contributed by atoms with E-state index in [-0.39, 0.29) is 5.84 Å². The standard InChI is InChI=1S/C15H15BrN2O2S3/c1-3-4-20-10-5-9(16)6-11(7-10)23(19)13-8-12(14(17)18)22-15(13)21-2/h3,5-8H,1,4H2,2H3,(H3,17,18). The second kappa shape index (κ2) is 8.25. The fourth-order valence-electron chi connectivity index (χ4n) is 1.77. The average Bonchev–Trinajstić information content (AvgIpc) is 2.96. The molecular formula is C15H15BrN2O2S3. The van der Waals surface area contributed by atoms with Crippen LogP contribution in [0.4, 0.5) is 0 Å². The number of benzene rings is 1. The van der Waals surface area contributed by atoms with E-state index in [0.29, 0.717) is 27.0 Å². The molecule has 4 nitrogen and oxygen atoms in total. The number of halogens is 1. The predicted molar refractivity (Wildman–Crippen MR) is 102 cm³/mol. The molecule has 0 aliphatic carbocycles. The summed E-state index contributed by atoms with van der Waals surface area (Å²) < 4.78 is 20.1. The number of hydrogen-bond acceptors (Lipinski definition) is 5. The molecule has 3 N–H and O–H groups in total. The van der Waals surface area contributed by atoms with Crippen LogP contribution >= 0.6 is 39.0 Å². The number of ether oxygens (including phenoxy) is 1. The summed E-state index contributed by atoms with van der Waals surface area (Å²) in [6.45, 7) is 4.00. The van der Waals surface area contributed by atoms with Gasteiger partial charge in [0.25, 0.3) is 0 Å². The Bertz CT molecular complexity index is 734. The van der Waals surface area contributed by atoms with Crippen LogP contribution < -0.4 is 10.5 Å². The van der Waals surface area contributed by atoms with Crippen molar-refractivity contribution in [3.8, 4) is 5.75 Å². The molecule has 0 aliphatic heterocycles. The Labute approximate surface area is 154 Å². The molecule has 2 rings (SSSR count). The molecule has 0 spiro atoms. The van der Waals surface area contributed by atoms with E-state index in [1.807, 2.05) is 12.3 Å². The summed E-state index contributed by atoms with van der Waals surface area (Å²) in [6, 6.07) is 7.08. The Kier molecular flexibility index (Phi) is 6.60. The minimum absolute atomic E-state index is 0.0159.